The number of hydrogen-bond donors (Lipinski definition) is 0. The van der Waals surface area contributed by atoms with Crippen LogP contribution in [-0.4, -0.2) is 6.79 Å². The van der Waals surface area contributed by atoms with E-state index in [4.69, 9.17) is 9.47 Å². The minimum Gasteiger partial charge on any atom is -0.454 e. The number of fused-ring (bicyclic) bond motifs is 1. The Hall–Kier alpha value is -1.18. The summed E-state index contributed by atoms with van der Waals surface area (Å²) in [6.07, 6.45) is 1.04. The van der Waals surface area contributed by atoms with Crippen LogP contribution in [0.5, 0.6) is 11.5 Å². The highest BCUT2D eigenvalue weighted by Gasteiger charge is 2.11. The van der Waals surface area contributed by atoms with Crippen LogP contribution >= 0.6 is 0 Å². The van der Waals surface area contributed by atoms with Crippen LogP contribution in [0.15, 0.2) is 18.2 Å². The second-order valence-corrected chi connectivity index (χ2v) is 4.27. The van der Waals surface area contributed by atoms with E-state index >= 15 is 0 Å². The lowest BCUT2D eigenvalue weighted by atomic mass is 10.1. The predicted molar refractivity (Wildman–Crippen MR) is 62.5 cm³/mol. The van der Waals surface area contributed by atoms with E-state index in [1.165, 1.54) is 5.56 Å². The molecule has 1 aliphatic heterocycles. The van der Waals surface area contributed by atoms with Crippen molar-refractivity contribution in [2.24, 2.45) is 5.92 Å². The SMILES string of the molecule is CC(C)C.CCc1ccc2c(c1)OCO2. The molecule has 0 radical (unpaired) electrons. The molecule has 84 valence electrons. The van der Waals surface area contributed by atoms with E-state index in [1.807, 2.05) is 12.1 Å². The van der Waals surface area contributed by atoms with Crippen LogP contribution < -0.4 is 9.47 Å². The number of ether oxygens (including phenoxy) is 2. The molecule has 0 fully saturated rings. The Morgan fingerprint density at radius 1 is 1.13 bits per heavy atom. The van der Waals surface area contributed by atoms with E-state index in [0.717, 1.165) is 23.8 Å². The van der Waals surface area contributed by atoms with Gasteiger partial charge in [0.15, 0.2) is 11.5 Å². The summed E-state index contributed by atoms with van der Waals surface area (Å²) in [5, 5.41) is 0. The first kappa shape index (κ1) is 11.9. The second-order valence-electron chi connectivity index (χ2n) is 4.27. The fraction of sp³-hybridized carbons (Fsp3) is 0.538. The van der Waals surface area contributed by atoms with Crippen molar-refractivity contribution in [3.05, 3.63) is 23.8 Å². The molecule has 0 saturated heterocycles. The standard InChI is InChI=1S/C9H10O2.C4H10/c1-2-7-3-4-8-9(5-7)11-6-10-8;1-4(2)3/h3-5H,2,6H2,1H3;4H,1-3H3. The molecule has 0 atom stereocenters. The second kappa shape index (κ2) is 5.64. The van der Waals surface area contributed by atoms with Crippen LogP contribution in [0.1, 0.15) is 33.3 Å². The molecular weight excluding hydrogens is 188 g/mol. The summed E-state index contributed by atoms with van der Waals surface area (Å²) in [6.45, 7) is 8.99. The minimum atomic E-state index is 0.364. The van der Waals surface area contributed by atoms with Crippen molar-refractivity contribution in [1.29, 1.82) is 0 Å². The highest BCUT2D eigenvalue weighted by Crippen LogP contribution is 2.32. The van der Waals surface area contributed by atoms with Gasteiger partial charge in [0.2, 0.25) is 6.79 Å². The topological polar surface area (TPSA) is 18.5 Å². The fourth-order valence-electron chi connectivity index (χ4n) is 1.16. The maximum absolute atomic E-state index is 5.22. The molecule has 0 aromatic heterocycles. The van der Waals surface area contributed by atoms with Crippen molar-refractivity contribution in [1.82, 2.24) is 0 Å². The highest BCUT2D eigenvalue weighted by molar-refractivity contribution is 5.44. The van der Waals surface area contributed by atoms with E-state index in [1.54, 1.807) is 0 Å². The van der Waals surface area contributed by atoms with E-state index in [-0.39, 0.29) is 0 Å². The third-order valence-corrected chi connectivity index (χ3v) is 1.85. The van der Waals surface area contributed by atoms with Crippen LogP contribution in [0.4, 0.5) is 0 Å². The van der Waals surface area contributed by atoms with Crippen LogP contribution in [0, 0.1) is 5.92 Å². The van der Waals surface area contributed by atoms with E-state index in [9.17, 15) is 0 Å². The minimum absolute atomic E-state index is 0.364. The number of hydrogen-bond acceptors (Lipinski definition) is 2. The number of benzene rings is 1. The third-order valence-electron chi connectivity index (χ3n) is 1.85. The summed E-state index contributed by atoms with van der Waals surface area (Å²) in [6, 6.07) is 6.05. The van der Waals surface area contributed by atoms with Gasteiger partial charge in [0.05, 0.1) is 0 Å². The molecule has 15 heavy (non-hydrogen) atoms. The summed E-state index contributed by atoms with van der Waals surface area (Å²) in [4.78, 5) is 0. The Balaban J connectivity index is 0.000000245. The molecule has 2 heteroatoms. The van der Waals surface area contributed by atoms with Gasteiger partial charge in [-0.3, -0.25) is 0 Å². The van der Waals surface area contributed by atoms with Gasteiger partial charge in [0.25, 0.3) is 0 Å². The molecule has 2 rings (SSSR count). The van der Waals surface area contributed by atoms with Crippen molar-refractivity contribution in [3.8, 4) is 11.5 Å². The first-order valence-electron chi connectivity index (χ1n) is 5.52. The van der Waals surface area contributed by atoms with Crippen molar-refractivity contribution in [2.45, 2.75) is 34.1 Å². The molecule has 0 bridgehead atoms. The molecule has 0 saturated carbocycles. The summed E-state index contributed by atoms with van der Waals surface area (Å²) in [7, 11) is 0. The Bertz CT molecular complexity index is 303. The quantitative estimate of drug-likeness (QED) is 0.701. The van der Waals surface area contributed by atoms with Crippen molar-refractivity contribution in [3.63, 3.8) is 0 Å². The maximum Gasteiger partial charge on any atom is 0.231 e. The number of aryl methyl sites for hydroxylation is 1. The zero-order valence-corrected chi connectivity index (χ0v) is 10.0. The lowest BCUT2D eigenvalue weighted by molar-refractivity contribution is 0.174. The van der Waals surface area contributed by atoms with Crippen LogP contribution in [-0.2, 0) is 6.42 Å². The maximum atomic E-state index is 5.22. The average Bonchev–Trinajstić information content (AvgIpc) is 2.63. The highest BCUT2D eigenvalue weighted by atomic mass is 16.7. The van der Waals surface area contributed by atoms with Crippen LogP contribution in [0.2, 0.25) is 0 Å². The van der Waals surface area contributed by atoms with E-state index < -0.39 is 0 Å². The van der Waals surface area contributed by atoms with Gasteiger partial charge in [0, 0.05) is 0 Å². The molecule has 1 aliphatic rings. The molecular formula is C13H20O2. The summed E-state index contributed by atoms with van der Waals surface area (Å²) in [5.41, 5.74) is 1.29. The first-order valence-corrected chi connectivity index (χ1v) is 5.52. The van der Waals surface area contributed by atoms with Gasteiger partial charge < -0.3 is 9.47 Å². The molecule has 0 amide bonds. The van der Waals surface area contributed by atoms with E-state index in [2.05, 4.69) is 33.8 Å². The molecule has 0 spiro atoms. The first-order chi connectivity index (χ1) is 7.13. The molecule has 0 N–H and O–H groups in total. The molecule has 0 aliphatic carbocycles. The molecule has 2 nitrogen and oxygen atoms in total. The number of rotatable bonds is 1. The Morgan fingerprint density at radius 2 is 1.73 bits per heavy atom. The zero-order valence-electron chi connectivity index (χ0n) is 10.0. The van der Waals surface area contributed by atoms with Crippen LogP contribution in [0.25, 0.3) is 0 Å². The van der Waals surface area contributed by atoms with Crippen LogP contribution in [0.3, 0.4) is 0 Å². The summed E-state index contributed by atoms with van der Waals surface area (Å²) in [5.74, 6) is 2.58. The Labute approximate surface area is 92.2 Å². The van der Waals surface area contributed by atoms with Gasteiger partial charge in [0.1, 0.15) is 0 Å². The van der Waals surface area contributed by atoms with E-state index in [0.29, 0.717) is 6.79 Å². The van der Waals surface area contributed by atoms with Crippen molar-refractivity contribution >= 4 is 0 Å². The monoisotopic (exact) mass is 208 g/mol. The van der Waals surface area contributed by atoms with Gasteiger partial charge in [-0.25, -0.2) is 0 Å². The Kier molecular flexibility index (Phi) is 4.47. The van der Waals surface area contributed by atoms with Gasteiger partial charge in [-0.05, 0) is 30.0 Å². The molecule has 0 unspecified atom stereocenters. The predicted octanol–water partition coefficient (Wildman–Crippen LogP) is 3.64. The normalized spacial score (nSPS) is 12.3. The van der Waals surface area contributed by atoms with Gasteiger partial charge >= 0.3 is 0 Å². The largest absolute Gasteiger partial charge is 0.454 e. The molecule has 1 aromatic rings. The lowest BCUT2D eigenvalue weighted by Gasteiger charge is -1.97. The smallest absolute Gasteiger partial charge is 0.231 e. The zero-order chi connectivity index (χ0) is 11.3. The Morgan fingerprint density at radius 3 is 2.33 bits per heavy atom. The van der Waals surface area contributed by atoms with Crippen molar-refractivity contribution < 1.29 is 9.47 Å². The van der Waals surface area contributed by atoms with Gasteiger partial charge in [-0.1, -0.05) is 33.8 Å². The molecule has 1 heterocycles. The fourth-order valence-corrected chi connectivity index (χ4v) is 1.16. The average molecular weight is 208 g/mol. The summed E-state index contributed by atoms with van der Waals surface area (Å²) >= 11 is 0. The lowest BCUT2D eigenvalue weighted by Crippen LogP contribution is -1.92. The molecule has 1 aromatic carbocycles. The van der Waals surface area contributed by atoms with Gasteiger partial charge in [-0.2, -0.15) is 0 Å². The third kappa shape index (κ3) is 3.82. The van der Waals surface area contributed by atoms with Crippen molar-refractivity contribution in [2.75, 3.05) is 6.79 Å². The summed E-state index contributed by atoms with van der Waals surface area (Å²) < 4.78 is 10.4. The van der Waals surface area contributed by atoms with Gasteiger partial charge in [-0.15, -0.1) is 0 Å².